The first-order valence-electron chi connectivity index (χ1n) is 7.43. The van der Waals surface area contributed by atoms with Crippen molar-refractivity contribution in [2.45, 2.75) is 52.1 Å². The van der Waals surface area contributed by atoms with Crippen LogP contribution in [-0.4, -0.2) is 19.1 Å². The second kappa shape index (κ2) is 7.16. The molecular formula is C16H25ClN2. The third-order valence-electron chi connectivity index (χ3n) is 3.69. The Morgan fingerprint density at radius 3 is 2.47 bits per heavy atom. The summed E-state index contributed by atoms with van der Waals surface area (Å²) >= 11 is 6.16. The summed E-state index contributed by atoms with van der Waals surface area (Å²) in [6.07, 6.45) is 5.34. The van der Waals surface area contributed by atoms with Crippen molar-refractivity contribution in [3.8, 4) is 0 Å². The monoisotopic (exact) mass is 280 g/mol. The summed E-state index contributed by atoms with van der Waals surface area (Å²) in [5.74, 6) is 0. The zero-order valence-corrected chi connectivity index (χ0v) is 12.8. The van der Waals surface area contributed by atoms with E-state index in [1.54, 1.807) is 0 Å². The predicted octanol–water partition coefficient (Wildman–Crippen LogP) is 4.22. The molecule has 0 aromatic heterocycles. The smallest absolute Gasteiger partial charge is 0.0412 e. The van der Waals surface area contributed by atoms with Crippen molar-refractivity contribution in [1.29, 1.82) is 0 Å². The van der Waals surface area contributed by atoms with Crippen LogP contribution in [0.1, 0.15) is 45.1 Å². The minimum Gasteiger partial charge on any atom is -0.371 e. The van der Waals surface area contributed by atoms with E-state index >= 15 is 0 Å². The number of halogens is 1. The van der Waals surface area contributed by atoms with E-state index in [9.17, 15) is 0 Å². The van der Waals surface area contributed by atoms with E-state index in [0.29, 0.717) is 6.04 Å². The molecule has 0 bridgehead atoms. The molecule has 1 saturated heterocycles. The van der Waals surface area contributed by atoms with Gasteiger partial charge in [-0.15, -0.1) is 0 Å². The Labute approximate surface area is 122 Å². The highest BCUT2D eigenvalue weighted by atomic mass is 35.5. The van der Waals surface area contributed by atoms with E-state index < -0.39 is 0 Å². The first kappa shape index (κ1) is 14.7. The van der Waals surface area contributed by atoms with Crippen LogP contribution in [0, 0.1) is 0 Å². The molecule has 0 amide bonds. The molecule has 1 heterocycles. The van der Waals surface area contributed by atoms with E-state index in [0.717, 1.165) is 11.6 Å². The van der Waals surface area contributed by atoms with Gasteiger partial charge in [0.25, 0.3) is 0 Å². The first-order valence-corrected chi connectivity index (χ1v) is 7.81. The third-order valence-corrected chi connectivity index (χ3v) is 3.92. The van der Waals surface area contributed by atoms with Crippen LogP contribution in [0.5, 0.6) is 0 Å². The summed E-state index contributed by atoms with van der Waals surface area (Å²) in [5.41, 5.74) is 2.68. The van der Waals surface area contributed by atoms with Crippen molar-refractivity contribution in [2.24, 2.45) is 0 Å². The van der Waals surface area contributed by atoms with Crippen molar-refractivity contribution in [3.05, 3.63) is 28.8 Å². The molecule has 106 valence electrons. The fourth-order valence-corrected chi connectivity index (χ4v) is 2.82. The van der Waals surface area contributed by atoms with E-state index in [1.165, 1.54) is 50.0 Å². The normalized spacial score (nSPS) is 16.7. The summed E-state index contributed by atoms with van der Waals surface area (Å²) in [4.78, 5) is 2.53. The van der Waals surface area contributed by atoms with Gasteiger partial charge >= 0.3 is 0 Å². The average Bonchev–Trinajstić information content (AvgIpc) is 2.65. The van der Waals surface area contributed by atoms with Crippen molar-refractivity contribution >= 4 is 17.3 Å². The van der Waals surface area contributed by atoms with Crippen LogP contribution < -0.4 is 10.2 Å². The largest absolute Gasteiger partial charge is 0.371 e. The zero-order valence-electron chi connectivity index (χ0n) is 12.1. The number of rotatable bonds is 4. The number of nitrogens with one attached hydrogen (secondary N) is 1. The highest BCUT2D eigenvalue weighted by molar-refractivity contribution is 6.30. The van der Waals surface area contributed by atoms with Gasteiger partial charge in [0.1, 0.15) is 0 Å². The molecule has 3 heteroatoms. The molecule has 1 aromatic rings. The number of nitrogens with zero attached hydrogens (tertiary/aromatic N) is 1. The maximum absolute atomic E-state index is 6.16. The van der Waals surface area contributed by atoms with Crippen molar-refractivity contribution in [1.82, 2.24) is 5.32 Å². The molecule has 0 aliphatic carbocycles. The zero-order chi connectivity index (χ0) is 13.7. The van der Waals surface area contributed by atoms with E-state index in [2.05, 4.69) is 36.2 Å². The molecule has 0 saturated carbocycles. The second-order valence-electron chi connectivity index (χ2n) is 5.71. The van der Waals surface area contributed by atoms with E-state index in [4.69, 9.17) is 11.6 Å². The molecule has 2 rings (SSSR count). The van der Waals surface area contributed by atoms with Crippen LogP contribution in [0.2, 0.25) is 5.02 Å². The molecule has 2 nitrogen and oxygen atoms in total. The molecule has 1 fully saturated rings. The Hall–Kier alpha value is -0.730. The van der Waals surface area contributed by atoms with Gasteiger partial charge in [-0.2, -0.15) is 0 Å². The van der Waals surface area contributed by atoms with Gasteiger partial charge in [-0.3, -0.25) is 0 Å². The second-order valence-corrected chi connectivity index (χ2v) is 6.15. The molecule has 0 atom stereocenters. The minimum absolute atomic E-state index is 0.496. The molecule has 19 heavy (non-hydrogen) atoms. The summed E-state index contributed by atoms with van der Waals surface area (Å²) in [6.45, 7) is 7.60. The average molecular weight is 281 g/mol. The Balaban J connectivity index is 2.17. The van der Waals surface area contributed by atoms with Gasteiger partial charge in [-0.1, -0.05) is 38.3 Å². The van der Waals surface area contributed by atoms with Crippen molar-refractivity contribution in [2.75, 3.05) is 18.0 Å². The Morgan fingerprint density at radius 2 is 1.84 bits per heavy atom. The first-order chi connectivity index (χ1) is 9.16. The topological polar surface area (TPSA) is 15.3 Å². The molecular weight excluding hydrogens is 256 g/mol. The van der Waals surface area contributed by atoms with E-state index in [1.807, 2.05) is 6.07 Å². The molecule has 1 aliphatic rings. The fourth-order valence-electron chi connectivity index (χ4n) is 2.63. The predicted molar refractivity (Wildman–Crippen MR) is 84.1 cm³/mol. The summed E-state index contributed by atoms with van der Waals surface area (Å²) < 4.78 is 0. The van der Waals surface area contributed by atoms with Gasteiger partial charge in [0, 0.05) is 36.4 Å². The van der Waals surface area contributed by atoms with Gasteiger partial charge in [-0.05, 0) is 36.6 Å². The summed E-state index contributed by atoms with van der Waals surface area (Å²) in [6, 6.07) is 6.80. The standard InChI is InChI=1S/C16H25ClN2/c1-13(2)18-12-14-11-15(17)7-8-16(14)19-9-5-3-4-6-10-19/h7-8,11,13,18H,3-6,9-10,12H2,1-2H3. The highest BCUT2D eigenvalue weighted by Crippen LogP contribution is 2.26. The van der Waals surface area contributed by atoms with Crippen molar-refractivity contribution in [3.63, 3.8) is 0 Å². The number of benzene rings is 1. The van der Waals surface area contributed by atoms with Gasteiger partial charge in [0.05, 0.1) is 0 Å². The minimum atomic E-state index is 0.496. The molecule has 0 radical (unpaired) electrons. The number of anilines is 1. The third kappa shape index (κ3) is 4.39. The molecule has 1 aliphatic heterocycles. The van der Waals surface area contributed by atoms with Crippen LogP contribution in [0.3, 0.4) is 0 Å². The maximum atomic E-state index is 6.16. The van der Waals surface area contributed by atoms with Gasteiger partial charge < -0.3 is 10.2 Å². The summed E-state index contributed by atoms with van der Waals surface area (Å²) in [7, 11) is 0. The van der Waals surface area contributed by atoms with E-state index in [-0.39, 0.29) is 0 Å². The lowest BCUT2D eigenvalue weighted by Crippen LogP contribution is -2.27. The lowest BCUT2D eigenvalue weighted by atomic mass is 10.1. The SMILES string of the molecule is CC(C)NCc1cc(Cl)ccc1N1CCCCCC1. The molecule has 1 aromatic carbocycles. The molecule has 1 N–H and O–H groups in total. The highest BCUT2D eigenvalue weighted by Gasteiger charge is 2.14. The number of hydrogen-bond donors (Lipinski definition) is 1. The maximum Gasteiger partial charge on any atom is 0.0412 e. The van der Waals surface area contributed by atoms with Crippen LogP contribution in [0.15, 0.2) is 18.2 Å². The van der Waals surface area contributed by atoms with Crippen molar-refractivity contribution < 1.29 is 0 Å². The Bertz CT molecular complexity index is 396. The van der Waals surface area contributed by atoms with Crippen LogP contribution in [0.4, 0.5) is 5.69 Å². The summed E-state index contributed by atoms with van der Waals surface area (Å²) in [5, 5.41) is 4.33. The van der Waals surface area contributed by atoms with Crippen LogP contribution in [-0.2, 0) is 6.54 Å². The Kier molecular flexibility index (Phi) is 5.53. The van der Waals surface area contributed by atoms with Crippen LogP contribution in [0.25, 0.3) is 0 Å². The van der Waals surface area contributed by atoms with Gasteiger partial charge in [-0.25, -0.2) is 0 Å². The van der Waals surface area contributed by atoms with Gasteiger partial charge in [0.2, 0.25) is 0 Å². The van der Waals surface area contributed by atoms with Gasteiger partial charge in [0.15, 0.2) is 0 Å². The molecule has 0 unspecified atom stereocenters. The lowest BCUT2D eigenvalue weighted by molar-refractivity contribution is 0.587. The molecule has 0 spiro atoms. The lowest BCUT2D eigenvalue weighted by Gasteiger charge is -2.26. The number of hydrogen-bond acceptors (Lipinski definition) is 2. The van der Waals surface area contributed by atoms with Crippen LogP contribution >= 0.6 is 11.6 Å². The quantitative estimate of drug-likeness (QED) is 0.888. The Morgan fingerprint density at radius 1 is 1.16 bits per heavy atom. The fraction of sp³-hybridized carbons (Fsp3) is 0.625.